The van der Waals surface area contributed by atoms with Crippen molar-refractivity contribution in [2.24, 2.45) is 0 Å². The Bertz CT molecular complexity index is 978. The lowest BCUT2D eigenvalue weighted by Gasteiger charge is -2.31. The summed E-state index contributed by atoms with van der Waals surface area (Å²) in [4.78, 5) is 22.8. The van der Waals surface area contributed by atoms with E-state index in [-0.39, 0.29) is 18.4 Å². The molecule has 2 aromatic heterocycles. The first-order valence-corrected chi connectivity index (χ1v) is 9.77. The molecule has 142 valence electrons. The molecule has 27 heavy (non-hydrogen) atoms. The quantitative estimate of drug-likeness (QED) is 0.678. The fourth-order valence-electron chi connectivity index (χ4n) is 3.07. The molecule has 3 heterocycles. The number of hydrogen-bond donors (Lipinski definition) is 1. The second-order valence-electron chi connectivity index (χ2n) is 6.56. The van der Waals surface area contributed by atoms with Gasteiger partial charge in [0.25, 0.3) is 11.5 Å². The molecule has 9 heteroatoms. The highest BCUT2D eigenvalue weighted by molar-refractivity contribution is 7.99. The number of likely N-dealkylation sites (tertiary alicyclic amines) is 1. The van der Waals surface area contributed by atoms with Crippen LogP contribution in [0.15, 0.2) is 46.3 Å². The number of piperidine rings is 1. The van der Waals surface area contributed by atoms with Crippen LogP contribution in [0.1, 0.15) is 12.8 Å². The number of H-pyrrole nitrogens is 1. The molecule has 0 spiro atoms. The Hall–Kier alpha value is -2.26. The fraction of sp³-hybridized carbons (Fsp3) is 0.389. The number of fused-ring (bicyclic) bond motifs is 1. The van der Waals surface area contributed by atoms with E-state index in [9.17, 15) is 13.6 Å². The van der Waals surface area contributed by atoms with Crippen molar-refractivity contribution in [1.29, 1.82) is 0 Å². The molecule has 1 saturated heterocycles. The minimum Gasteiger partial charge on any atom is -0.302 e. The first kappa shape index (κ1) is 18.1. The highest BCUT2D eigenvalue weighted by atomic mass is 32.2. The number of nitrogens with one attached hydrogen (secondary N) is 1. The highest BCUT2D eigenvalue weighted by Crippen LogP contribution is 2.28. The minimum absolute atomic E-state index is 0.0848. The molecule has 0 amide bonds. The summed E-state index contributed by atoms with van der Waals surface area (Å²) in [7, 11) is 0. The van der Waals surface area contributed by atoms with E-state index in [0.717, 1.165) is 5.56 Å². The molecule has 1 N–H and O–H groups in total. The molecule has 0 bridgehead atoms. The van der Waals surface area contributed by atoms with Crippen LogP contribution in [0.2, 0.25) is 0 Å². The monoisotopic (exact) mass is 391 g/mol. The van der Waals surface area contributed by atoms with Crippen molar-refractivity contribution in [3.05, 3.63) is 46.8 Å². The Labute approximate surface area is 158 Å². The molecule has 0 unspecified atom stereocenters. The number of thioether (sulfide) groups is 1. The number of benzene rings is 1. The molecule has 6 nitrogen and oxygen atoms in total. The first-order chi connectivity index (χ1) is 13.0. The lowest BCUT2D eigenvalue weighted by Crippen LogP contribution is -2.40. The number of aromatic amines is 1. The maximum Gasteiger partial charge on any atom is 0.266 e. The average Bonchev–Trinajstić information content (AvgIpc) is 3.04. The highest BCUT2D eigenvalue weighted by Gasteiger charge is 2.33. The Morgan fingerprint density at radius 2 is 1.89 bits per heavy atom. The Morgan fingerprint density at radius 1 is 1.15 bits per heavy atom. The van der Waals surface area contributed by atoms with Gasteiger partial charge in [0.05, 0.1) is 0 Å². The summed E-state index contributed by atoms with van der Waals surface area (Å²) in [5.41, 5.74) is 1.14. The SMILES string of the molecule is O=c1cc2nc(-c3ccccc3)nc(SCCN3CCC(F)(F)CC3)n2[nH]1. The van der Waals surface area contributed by atoms with E-state index in [1.165, 1.54) is 17.8 Å². The third-order valence-corrected chi connectivity index (χ3v) is 5.50. The molecule has 0 atom stereocenters. The zero-order valence-corrected chi connectivity index (χ0v) is 15.4. The van der Waals surface area contributed by atoms with Gasteiger partial charge in [-0.05, 0) is 0 Å². The van der Waals surface area contributed by atoms with E-state index in [0.29, 0.717) is 42.0 Å². The van der Waals surface area contributed by atoms with E-state index in [1.807, 2.05) is 35.2 Å². The topological polar surface area (TPSA) is 66.3 Å². The molecule has 1 aromatic carbocycles. The third-order valence-electron chi connectivity index (χ3n) is 4.58. The van der Waals surface area contributed by atoms with E-state index < -0.39 is 5.92 Å². The van der Waals surface area contributed by atoms with Crippen LogP contribution in [0, 0.1) is 0 Å². The number of alkyl halides is 2. The van der Waals surface area contributed by atoms with Crippen molar-refractivity contribution in [3.63, 3.8) is 0 Å². The van der Waals surface area contributed by atoms with Crippen LogP contribution in [-0.4, -0.2) is 55.8 Å². The molecule has 1 fully saturated rings. The maximum atomic E-state index is 13.3. The standard InChI is InChI=1S/C18H19F2N5OS/c19-18(20)6-8-24(9-7-18)10-11-27-17-22-16(13-4-2-1-3-5-13)21-14-12-15(26)23-25(14)17/h1-5,12H,6-11H2,(H,23,26). The maximum absolute atomic E-state index is 13.3. The van der Waals surface area contributed by atoms with E-state index in [2.05, 4.69) is 15.1 Å². The van der Waals surface area contributed by atoms with Gasteiger partial charge in [0, 0.05) is 49.9 Å². The molecule has 1 aliphatic heterocycles. The van der Waals surface area contributed by atoms with Gasteiger partial charge >= 0.3 is 0 Å². The summed E-state index contributed by atoms with van der Waals surface area (Å²) in [6, 6.07) is 11.0. The van der Waals surface area contributed by atoms with Gasteiger partial charge in [0.1, 0.15) is 0 Å². The van der Waals surface area contributed by atoms with Gasteiger partial charge in [-0.25, -0.2) is 23.3 Å². The Morgan fingerprint density at radius 3 is 2.63 bits per heavy atom. The number of hydrogen-bond acceptors (Lipinski definition) is 5. The third kappa shape index (κ3) is 4.19. The normalized spacial score (nSPS) is 17.4. The second-order valence-corrected chi connectivity index (χ2v) is 7.62. The average molecular weight is 391 g/mol. The van der Waals surface area contributed by atoms with Gasteiger partial charge < -0.3 is 4.90 Å². The van der Waals surface area contributed by atoms with Crippen LogP contribution in [0.25, 0.3) is 17.0 Å². The van der Waals surface area contributed by atoms with Gasteiger partial charge in [0.15, 0.2) is 16.6 Å². The summed E-state index contributed by atoms with van der Waals surface area (Å²) in [6.45, 7) is 1.50. The zero-order valence-electron chi connectivity index (χ0n) is 14.6. The molecule has 0 saturated carbocycles. The second kappa shape index (κ2) is 7.40. The largest absolute Gasteiger partial charge is 0.302 e. The Balaban J connectivity index is 1.51. The van der Waals surface area contributed by atoms with Crippen molar-refractivity contribution >= 4 is 17.4 Å². The summed E-state index contributed by atoms with van der Waals surface area (Å²) in [6.07, 6.45) is -0.170. The first-order valence-electron chi connectivity index (χ1n) is 8.78. The van der Waals surface area contributed by atoms with Crippen LogP contribution >= 0.6 is 11.8 Å². The molecular weight excluding hydrogens is 372 g/mol. The van der Waals surface area contributed by atoms with Crippen molar-refractivity contribution in [2.45, 2.75) is 23.9 Å². The van der Waals surface area contributed by atoms with Gasteiger partial charge in [-0.15, -0.1) is 0 Å². The number of nitrogens with zero attached hydrogens (tertiary/aromatic N) is 4. The molecule has 3 aromatic rings. The smallest absolute Gasteiger partial charge is 0.266 e. The molecule has 4 rings (SSSR count). The summed E-state index contributed by atoms with van der Waals surface area (Å²) < 4.78 is 28.1. The molecule has 1 aliphatic rings. The Kier molecular flexibility index (Phi) is 4.96. The van der Waals surface area contributed by atoms with Gasteiger partial charge in [-0.1, -0.05) is 42.1 Å². The molecule has 0 aliphatic carbocycles. The van der Waals surface area contributed by atoms with Crippen molar-refractivity contribution in [2.75, 3.05) is 25.4 Å². The predicted molar refractivity (Wildman–Crippen MR) is 100 cm³/mol. The van der Waals surface area contributed by atoms with Gasteiger partial charge in [0.2, 0.25) is 0 Å². The van der Waals surface area contributed by atoms with Crippen LogP contribution in [0.4, 0.5) is 8.78 Å². The van der Waals surface area contributed by atoms with E-state index >= 15 is 0 Å². The van der Waals surface area contributed by atoms with Crippen LogP contribution in [-0.2, 0) is 0 Å². The van der Waals surface area contributed by atoms with E-state index in [4.69, 9.17) is 0 Å². The summed E-state index contributed by atoms with van der Waals surface area (Å²) in [5, 5.41) is 3.34. The van der Waals surface area contributed by atoms with E-state index in [1.54, 1.807) is 4.52 Å². The van der Waals surface area contributed by atoms with Crippen LogP contribution in [0.5, 0.6) is 0 Å². The number of rotatable bonds is 5. The number of halogens is 2. The predicted octanol–water partition coefficient (Wildman–Crippen LogP) is 2.91. The van der Waals surface area contributed by atoms with Crippen molar-refractivity contribution in [1.82, 2.24) is 24.5 Å². The van der Waals surface area contributed by atoms with Gasteiger partial charge in [-0.2, -0.15) is 0 Å². The van der Waals surface area contributed by atoms with Crippen molar-refractivity contribution < 1.29 is 8.78 Å². The lowest BCUT2D eigenvalue weighted by atomic mass is 10.1. The number of aromatic nitrogens is 4. The summed E-state index contributed by atoms with van der Waals surface area (Å²) in [5.74, 6) is -1.29. The zero-order chi connectivity index (χ0) is 18.9. The minimum atomic E-state index is -2.53. The lowest BCUT2D eigenvalue weighted by molar-refractivity contribution is -0.0539. The molecule has 0 radical (unpaired) electrons. The van der Waals surface area contributed by atoms with Gasteiger partial charge in [-0.3, -0.25) is 9.89 Å². The fourth-order valence-corrected chi connectivity index (χ4v) is 4.02. The summed E-state index contributed by atoms with van der Waals surface area (Å²) >= 11 is 1.48. The molecular formula is C18H19F2N5OS. The van der Waals surface area contributed by atoms with Crippen molar-refractivity contribution in [3.8, 4) is 11.4 Å². The van der Waals surface area contributed by atoms with Crippen LogP contribution in [0.3, 0.4) is 0 Å². The van der Waals surface area contributed by atoms with Crippen LogP contribution < -0.4 is 5.56 Å².